The average Bonchev–Trinajstić information content (AvgIpc) is 2.48. The van der Waals surface area contributed by atoms with Gasteiger partial charge in [-0.2, -0.15) is 0 Å². The molecule has 1 amide bonds. The summed E-state index contributed by atoms with van der Waals surface area (Å²) in [6, 6.07) is 7.56. The zero-order valence-corrected chi connectivity index (χ0v) is 13.5. The standard InChI is InChI=1S/C16H20BrNO3/c17-13-6-4-12(5-7-13)10-14(19)18-11-16(15(20)21)8-2-1-3-9-16/h4-7H,1-3,8-11H2,(H,18,19)(H,20,21). The third kappa shape index (κ3) is 4.30. The lowest BCUT2D eigenvalue weighted by Gasteiger charge is -2.33. The van der Waals surface area contributed by atoms with E-state index in [2.05, 4.69) is 21.2 Å². The molecule has 2 N–H and O–H groups in total. The van der Waals surface area contributed by atoms with Crippen LogP contribution >= 0.6 is 15.9 Å². The fraction of sp³-hybridized carbons (Fsp3) is 0.500. The molecule has 4 nitrogen and oxygen atoms in total. The minimum Gasteiger partial charge on any atom is -0.481 e. The maximum absolute atomic E-state index is 12.0. The van der Waals surface area contributed by atoms with Crippen molar-refractivity contribution in [2.45, 2.75) is 38.5 Å². The van der Waals surface area contributed by atoms with Crippen molar-refractivity contribution in [2.75, 3.05) is 6.54 Å². The molecule has 0 aliphatic heterocycles. The molecule has 1 fully saturated rings. The van der Waals surface area contributed by atoms with Crippen LogP contribution in [0.3, 0.4) is 0 Å². The van der Waals surface area contributed by atoms with Gasteiger partial charge in [-0.1, -0.05) is 47.3 Å². The van der Waals surface area contributed by atoms with Crippen molar-refractivity contribution < 1.29 is 14.7 Å². The van der Waals surface area contributed by atoms with Gasteiger partial charge in [0.15, 0.2) is 0 Å². The van der Waals surface area contributed by atoms with Gasteiger partial charge in [-0.05, 0) is 30.5 Å². The maximum atomic E-state index is 12.0. The number of hydrogen-bond donors (Lipinski definition) is 2. The van der Waals surface area contributed by atoms with E-state index in [1.807, 2.05) is 24.3 Å². The Morgan fingerprint density at radius 1 is 1.14 bits per heavy atom. The van der Waals surface area contributed by atoms with Gasteiger partial charge in [0.2, 0.25) is 5.91 Å². The Morgan fingerprint density at radius 3 is 2.33 bits per heavy atom. The van der Waals surface area contributed by atoms with Gasteiger partial charge in [0, 0.05) is 11.0 Å². The van der Waals surface area contributed by atoms with Crippen molar-refractivity contribution >= 4 is 27.8 Å². The molecule has 114 valence electrons. The Kier molecular flexibility index (Phi) is 5.39. The van der Waals surface area contributed by atoms with Gasteiger partial charge in [-0.3, -0.25) is 9.59 Å². The van der Waals surface area contributed by atoms with Gasteiger partial charge in [0.25, 0.3) is 0 Å². The molecular formula is C16H20BrNO3. The lowest BCUT2D eigenvalue weighted by Crippen LogP contribution is -2.44. The lowest BCUT2D eigenvalue weighted by molar-refractivity contribution is -0.151. The van der Waals surface area contributed by atoms with E-state index in [1.165, 1.54) is 0 Å². The summed E-state index contributed by atoms with van der Waals surface area (Å²) in [7, 11) is 0. The minimum atomic E-state index is -0.786. The summed E-state index contributed by atoms with van der Waals surface area (Å²) < 4.78 is 0.971. The lowest BCUT2D eigenvalue weighted by atomic mass is 9.74. The first kappa shape index (κ1) is 16.0. The van der Waals surface area contributed by atoms with Crippen LogP contribution in [0.25, 0.3) is 0 Å². The van der Waals surface area contributed by atoms with Gasteiger partial charge in [-0.15, -0.1) is 0 Å². The molecule has 0 aromatic heterocycles. The summed E-state index contributed by atoms with van der Waals surface area (Å²) in [6.07, 6.45) is 4.52. The molecule has 1 aromatic rings. The quantitative estimate of drug-likeness (QED) is 0.854. The number of carboxylic acids is 1. The Bertz CT molecular complexity index is 507. The molecule has 21 heavy (non-hydrogen) atoms. The molecular weight excluding hydrogens is 334 g/mol. The van der Waals surface area contributed by atoms with Crippen molar-refractivity contribution in [2.24, 2.45) is 5.41 Å². The van der Waals surface area contributed by atoms with Crippen molar-refractivity contribution in [1.82, 2.24) is 5.32 Å². The van der Waals surface area contributed by atoms with E-state index in [9.17, 15) is 14.7 Å². The summed E-state index contributed by atoms with van der Waals surface area (Å²) in [6.45, 7) is 0.234. The third-order valence-corrected chi connectivity index (χ3v) is 4.69. The second-order valence-electron chi connectivity index (χ2n) is 5.73. The fourth-order valence-electron chi connectivity index (χ4n) is 2.81. The summed E-state index contributed by atoms with van der Waals surface area (Å²) in [5, 5.41) is 12.3. The number of aliphatic carboxylic acids is 1. The van der Waals surface area contributed by atoms with Gasteiger partial charge in [0.1, 0.15) is 0 Å². The number of nitrogens with one attached hydrogen (secondary N) is 1. The van der Waals surface area contributed by atoms with E-state index in [4.69, 9.17) is 0 Å². The Labute approximate surface area is 133 Å². The predicted molar refractivity (Wildman–Crippen MR) is 84.0 cm³/mol. The molecule has 5 heteroatoms. The van der Waals surface area contributed by atoms with Crippen molar-refractivity contribution in [3.05, 3.63) is 34.3 Å². The topological polar surface area (TPSA) is 66.4 Å². The number of rotatable bonds is 5. The van der Waals surface area contributed by atoms with Gasteiger partial charge in [-0.25, -0.2) is 0 Å². The number of benzene rings is 1. The van der Waals surface area contributed by atoms with E-state index in [0.717, 1.165) is 29.3 Å². The van der Waals surface area contributed by atoms with Crippen molar-refractivity contribution in [3.63, 3.8) is 0 Å². The summed E-state index contributed by atoms with van der Waals surface area (Å²) in [5.41, 5.74) is 0.150. The average molecular weight is 354 g/mol. The van der Waals surface area contributed by atoms with Crippen LogP contribution in [0.5, 0.6) is 0 Å². The molecule has 0 heterocycles. The fourth-order valence-corrected chi connectivity index (χ4v) is 3.08. The first-order chi connectivity index (χ1) is 10.0. The first-order valence-electron chi connectivity index (χ1n) is 7.26. The molecule has 0 saturated heterocycles. The highest BCUT2D eigenvalue weighted by Crippen LogP contribution is 2.36. The van der Waals surface area contributed by atoms with Crippen LogP contribution in [0.2, 0.25) is 0 Å². The summed E-state index contributed by atoms with van der Waals surface area (Å²) in [5.74, 6) is -0.908. The summed E-state index contributed by atoms with van der Waals surface area (Å²) >= 11 is 3.35. The zero-order valence-electron chi connectivity index (χ0n) is 11.9. The smallest absolute Gasteiger partial charge is 0.311 e. The SMILES string of the molecule is O=C(Cc1ccc(Br)cc1)NCC1(C(=O)O)CCCCC1. The molecule has 1 aromatic carbocycles. The number of carbonyl (C=O) groups is 2. The van der Waals surface area contributed by atoms with Crippen LogP contribution in [-0.2, 0) is 16.0 Å². The number of amides is 1. The van der Waals surface area contributed by atoms with E-state index in [0.29, 0.717) is 12.8 Å². The Hall–Kier alpha value is -1.36. The van der Waals surface area contributed by atoms with Crippen LogP contribution in [0, 0.1) is 5.41 Å². The Balaban J connectivity index is 1.90. The van der Waals surface area contributed by atoms with Crippen LogP contribution in [-0.4, -0.2) is 23.5 Å². The highest BCUT2D eigenvalue weighted by molar-refractivity contribution is 9.10. The number of hydrogen-bond acceptors (Lipinski definition) is 2. The normalized spacial score (nSPS) is 17.2. The molecule has 0 unspecified atom stereocenters. The van der Waals surface area contributed by atoms with Gasteiger partial charge >= 0.3 is 5.97 Å². The molecule has 0 bridgehead atoms. The predicted octanol–water partition coefficient (Wildman–Crippen LogP) is 3.14. The number of carbonyl (C=O) groups excluding carboxylic acids is 1. The van der Waals surface area contributed by atoms with E-state index >= 15 is 0 Å². The second kappa shape index (κ2) is 7.07. The second-order valence-corrected chi connectivity index (χ2v) is 6.64. The molecule has 2 rings (SSSR count). The van der Waals surface area contributed by atoms with Crippen LogP contribution < -0.4 is 5.32 Å². The first-order valence-corrected chi connectivity index (χ1v) is 8.06. The molecule has 1 saturated carbocycles. The van der Waals surface area contributed by atoms with Crippen molar-refractivity contribution in [1.29, 1.82) is 0 Å². The molecule has 1 aliphatic carbocycles. The van der Waals surface area contributed by atoms with Crippen LogP contribution in [0.15, 0.2) is 28.7 Å². The van der Waals surface area contributed by atoms with E-state index < -0.39 is 11.4 Å². The zero-order chi connectivity index (χ0) is 15.3. The van der Waals surface area contributed by atoms with E-state index in [-0.39, 0.29) is 18.9 Å². The summed E-state index contributed by atoms with van der Waals surface area (Å²) in [4.78, 5) is 23.5. The largest absolute Gasteiger partial charge is 0.481 e. The maximum Gasteiger partial charge on any atom is 0.311 e. The van der Waals surface area contributed by atoms with Gasteiger partial charge < -0.3 is 10.4 Å². The molecule has 0 radical (unpaired) electrons. The monoisotopic (exact) mass is 353 g/mol. The van der Waals surface area contributed by atoms with Crippen LogP contribution in [0.4, 0.5) is 0 Å². The van der Waals surface area contributed by atoms with Crippen LogP contribution in [0.1, 0.15) is 37.7 Å². The van der Waals surface area contributed by atoms with Crippen molar-refractivity contribution in [3.8, 4) is 0 Å². The molecule has 1 aliphatic rings. The Morgan fingerprint density at radius 2 is 1.76 bits per heavy atom. The highest BCUT2D eigenvalue weighted by atomic mass is 79.9. The number of carboxylic acid groups (broad SMARTS) is 1. The van der Waals surface area contributed by atoms with E-state index in [1.54, 1.807) is 0 Å². The highest BCUT2D eigenvalue weighted by Gasteiger charge is 2.39. The third-order valence-electron chi connectivity index (χ3n) is 4.17. The van der Waals surface area contributed by atoms with Gasteiger partial charge in [0.05, 0.1) is 11.8 Å². The molecule has 0 atom stereocenters. The minimum absolute atomic E-state index is 0.122. The number of halogens is 1. The molecule has 0 spiro atoms.